The summed E-state index contributed by atoms with van der Waals surface area (Å²) < 4.78 is 6.27. The first-order valence-corrected chi connectivity index (χ1v) is 9.95. The molecule has 2 unspecified atom stereocenters. The number of hydrogen-bond acceptors (Lipinski definition) is 3. The Morgan fingerprint density at radius 3 is 2.56 bits per heavy atom. The molecular weight excluding hydrogens is 336 g/mol. The van der Waals surface area contributed by atoms with Crippen molar-refractivity contribution in [2.45, 2.75) is 38.2 Å². The predicted octanol–water partition coefficient (Wildman–Crippen LogP) is 3.34. The lowest BCUT2D eigenvalue weighted by Crippen LogP contribution is -2.43. The van der Waals surface area contributed by atoms with Gasteiger partial charge in [-0.05, 0) is 49.5 Å². The molecule has 2 atom stereocenters. The number of piperidine rings is 1. The maximum absolute atomic E-state index is 11.3. The molecule has 2 aromatic rings. The van der Waals surface area contributed by atoms with Gasteiger partial charge >= 0.3 is 0 Å². The summed E-state index contributed by atoms with van der Waals surface area (Å²) in [6, 6.07) is 17.2. The molecule has 1 saturated heterocycles. The van der Waals surface area contributed by atoms with E-state index in [1.807, 2.05) is 0 Å². The number of likely N-dealkylation sites (tertiary alicyclic amines) is 1. The van der Waals surface area contributed by atoms with Crippen LogP contribution in [0.2, 0.25) is 0 Å². The molecule has 4 rings (SSSR count). The Morgan fingerprint density at radius 2 is 1.85 bits per heavy atom. The molecule has 142 valence electrons. The van der Waals surface area contributed by atoms with Gasteiger partial charge in [0.15, 0.2) is 0 Å². The average Bonchev–Trinajstić information content (AvgIpc) is 2.98. The van der Waals surface area contributed by atoms with E-state index in [-0.39, 0.29) is 17.9 Å². The van der Waals surface area contributed by atoms with Crippen LogP contribution in [0.15, 0.2) is 48.5 Å². The Labute approximate surface area is 161 Å². The number of amides is 1. The lowest BCUT2D eigenvalue weighted by molar-refractivity contribution is -0.123. The van der Waals surface area contributed by atoms with Crippen molar-refractivity contribution < 1.29 is 9.53 Å². The largest absolute Gasteiger partial charge is 0.488 e. The van der Waals surface area contributed by atoms with E-state index >= 15 is 0 Å². The van der Waals surface area contributed by atoms with E-state index in [2.05, 4.69) is 60.4 Å². The lowest BCUT2D eigenvalue weighted by Gasteiger charge is -2.32. The zero-order chi connectivity index (χ0) is 18.8. The third kappa shape index (κ3) is 4.01. The number of nitrogens with zero attached hydrogens (tertiary/aromatic N) is 1. The van der Waals surface area contributed by atoms with Gasteiger partial charge in [-0.2, -0.15) is 0 Å². The van der Waals surface area contributed by atoms with Gasteiger partial charge < -0.3 is 10.5 Å². The second-order valence-electron chi connectivity index (χ2n) is 7.96. The van der Waals surface area contributed by atoms with Gasteiger partial charge in [0.2, 0.25) is 5.91 Å². The van der Waals surface area contributed by atoms with Crippen molar-refractivity contribution in [2.75, 3.05) is 19.6 Å². The van der Waals surface area contributed by atoms with Crippen LogP contribution in [-0.4, -0.2) is 36.5 Å². The standard InChI is InChI=1S/C23H28N2O2/c1-16-20-14-18(13-17-5-3-2-4-6-17)7-8-21(20)27-22(16)15-25-11-9-19(10-12-25)23(24)26/h2-8,14,16,19,22H,9-13,15H2,1H3,(H2,24,26). The van der Waals surface area contributed by atoms with Gasteiger partial charge in [-0.3, -0.25) is 9.69 Å². The van der Waals surface area contributed by atoms with Crippen molar-refractivity contribution in [3.63, 3.8) is 0 Å². The molecule has 1 fully saturated rings. The third-order valence-corrected chi connectivity index (χ3v) is 6.08. The van der Waals surface area contributed by atoms with Crippen LogP contribution in [0.5, 0.6) is 5.75 Å². The second kappa shape index (κ2) is 7.73. The van der Waals surface area contributed by atoms with Gasteiger partial charge in [0, 0.05) is 23.9 Å². The maximum Gasteiger partial charge on any atom is 0.220 e. The Hall–Kier alpha value is -2.33. The molecule has 2 aliphatic rings. The first kappa shape index (κ1) is 18.1. The number of fused-ring (bicyclic) bond motifs is 1. The summed E-state index contributed by atoms with van der Waals surface area (Å²) in [5.41, 5.74) is 9.43. The minimum atomic E-state index is -0.154. The fourth-order valence-electron chi connectivity index (χ4n) is 4.32. The topological polar surface area (TPSA) is 55.6 Å². The maximum atomic E-state index is 11.3. The van der Waals surface area contributed by atoms with Crippen LogP contribution in [0.4, 0.5) is 0 Å². The fourth-order valence-corrected chi connectivity index (χ4v) is 4.32. The quantitative estimate of drug-likeness (QED) is 0.885. The van der Waals surface area contributed by atoms with Gasteiger partial charge in [-0.1, -0.05) is 49.4 Å². The van der Waals surface area contributed by atoms with Crippen LogP contribution >= 0.6 is 0 Å². The molecule has 27 heavy (non-hydrogen) atoms. The summed E-state index contributed by atoms with van der Waals surface area (Å²) in [5, 5.41) is 0. The molecular formula is C23H28N2O2. The zero-order valence-electron chi connectivity index (χ0n) is 15.9. The van der Waals surface area contributed by atoms with Crippen molar-refractivity contribution in [1.82, 2.24) is 4.90 Å². The van der Waals surface area contributed by atoms with Crippen LogP contribution in [0.1, 0.15) is 42.4 Å². The van der Waals surface area contributed by atoms with Crippen LogP contribution < -0.4 is 10.5 Å². The van der Waals surface area contributed by atoms with Crippen LogP contribution in [0, 0.1) is 5.92 Å². The normalized spacial score (nSPS) is 23.0. The van der Waals surface area contributed by atoms with Gasteiger partial charge in [-0.25, -0.2) is 0 Å². The SMILES string of the molecule is CC1c2cc(Cc3ccccc3)ccc2OC1CN1CCC(C(N)=O)CC1. The van der Waals surface area contributed by atoms with Gasteiger partial charge in [0.1, 0.15) is 11.9 Å². The highest BCUT2D eigenvalue weighted by molar-refractivity contribution is 5.76. The molecule has 4 heteroatoms. The van der Waals surface area contributed by atoms with E-state index in [1.165, 1.54) is 16.7 Å². The van der Waals surface area contributed by atoms with E-state index < -0.39 is 0 Å². The van der Waals surface area contributed by atoms with E-state index in [9.17, 15) is 4.79 Å². The minimum Gasteiger partial charge on any atom is -0.488 e. The number of rotatable bonds is 5. The zero-order valence-corrected chi connectivity index (χ0v) is 15.9. The summed E-state index contributed by atoms with van der Waals surface area (Å²) in [4.78, 5) is 13.8. The Morgan fingerprint density at radius 1 is 1.11 bits per heavy atom. The van der Waals surface area contributed by atoms with Gasteiger partial charge in [-0.15, -0.1) is 0 Å². The highest BCUT2D eigenvalue weighted by atomic mass is 16.5. The molecule has 0 saturated carbocycles. The number of carbonyl (C=O) groups excluding carboxylic acids is 1. The summed E-state index contributed by atoms with van der Waals surface area (Å²) in [6.45, 7) is 5.03. The third-order valence-electron chi connectivity index (χ3n) is 6.08. The molecule has 0 spiro atoms. The van der Waals surface area contributed by atoms with E-state index in [1.54, 1.807) is 0 Å². The van der Waals surface area contributed by atoms with Crippen LogP contribution in [-0.2, 0) is 11.2 Å². The summed E-state index contributed by atoms with van der Waals surface area (Å²) >= 11 is 0. The van der Waals surface area contributed by atoms with E-state index in [0.717, 1.165) is 44.6 Å². The molecule has 2 aromatic carbocycles. The summed E-state index contributed by atoms with van der Waals surface area (Å²) in [7, 11) is 0. The van der Waals surface area contributed by atoms with Crippen molar-refractivity contribution in [2.24, 2.45) is 11.7 Å². The number of carbonyl (C=O) groups is 1. The van der Waals surface area contributed by atoms with Crippen LogP contribution in [0.3, 0.4) is 0 Å². The van der Waals surface area contributed by atoms with Crippen molar-refractivity contribution >= 4 is 5.91 Å². The number of primary amides is 1. The number of hydrogen-bond donors (Lipinski definition) is 1. The molecule has 0 aliphatic carbocycles. The van der Waals surface area contributed by atoms with E-state index in [4.69, 9.17) is 10.5 Å². The smallest absolute Gasteiger partial charge is 0.220 e. The fraction of sp³-hybridized carbons (Fsp3) is 0.435. The molecule has 0 aromatic heterocycles. The second-order valence-corrected chi connectivity index (χ2v) is 7.96. The molecule has 0 radical (unpaired) electrons. The first-order chi connectivity index (χ1) is 13.1. The molecule has 4 nitrogen and oxygen atoms in total. The predicted molar refractivity (Wildman–Crippen MR) is 107 cm³/mol. The number of ether oxygens (including phenoxy) is 1. The van der Waals surface area contributed by atoms with Crippen molar-refractivity contribution in [1.29, 1.82) is 0 Å². The number of nitrogens with two attached hydrogens (primary N) is 1. The molecule has 1 amide bonds. The van der Waals surface area contributed by atoms with Crippen molar-refractivity contribution in [3.05, 3.63) is 65.2 Å². The monoisotopic (exact) mass is 364 g/mol. The van der Waals surface area contributed by atoms with Gasteiger partial charge in [0.25, 0.3) is 0 Å². The van der Waals surface area contributed by atoms with Crippen LogP contribution in [0.25, 0.3) is 0 Å². The highest BCUT2D eigenvalue weighted by Gasteiger charge is 2.34. The Balaban J connectivity index is 1.39. The summed E-state index contributed by atoms with van der Waals surface area (Å²) in [5.74, 6) is 1.29. The highest BCUT2D eigenvalue weighted by Crippen LogP contribution is 2.39. The summed E-state index contributed by atoms with van der Waals surface area (Å²) in [6.07, 6.45) is 2.86. The van der Waals surface area contributed by atoms with Gasteiger partial charge in [0.05, 0.1) is 0 Å². The minimum absolute atomic E-state index is 0.0425. The first-order valence-electron chi connectivity index (χ1n) is 9.95. The average molecular weight is 364 g/mol. The molecule has 2 N–H and O–H groups in total. The number of benzene rings is 2. The van der Waals surface area contributed by atoms with Crippen molar-refractivity contribution in [3.8, 4) is 5.75 Å². The Kier molecular flexibility index (Phi) is 5.17. The molecule has 0 bridgehead atoms. The molecule has 2 heterocycles. The molecule has 2 aliphatic heterocycles. The van der Waals surface area contributed by atoms with E-state index in [0.29, 0.717) is 5.92 Å². The Bertz CT molecular complexity index is 797. The lowest BCUT2D eigenvalue weighted by atomic mass is 9.92.